The molecule has 0 heterocycles. The molecule has 0 amide bonds. The fourth-order valence-corrected chi connectivity index (χ4v) is 1.95. The van der Waals surface area contributed by atoms with Gasteiger partial charge in [0.2, 0.25) is 0 Å². The SMILES string of the molecule is CCCCC(=O)Oc1ccccc1OC(=O)C(C)CCCC. The van der Waals surface area contributed by atoms with Crippen LogP contribution < -0.4 is 9.47 Å². The van der Waals surface area contributed by atoms with E-state index in [0.29, 0.717) is 17.9 Å². The van der Waals surface area contributed by atoms with E-state index in [1.807, 2.05) is 13.8 Å². The molecule has 122 valence electrons. The summed E-state index contributed by atoms with van der Waals surface area (Å²) < 4.78 is 10.7. The third kappa shape index (κ3) is 6.29. The average Bonchev–Trinajstić information content (AvgIpc) is 2.52. The van der Waals surface area contributed by atoms with Gasteiger partial charge in [0.05, 0.1) is 5.92 Å². The van der Waals surface area contributed by atoms with E-state index >= 15 is 0 Å². The lowest BCUT2D eigenvalue weighted by Gasteiger charge is -2.13. The Balaban J connectivity index is 2.67. The van der Waals surface area contributed by atoms with Crippen LogP contribution in [0.5, 0.6) is 11.5 Å². The van der Waals surface area contributed by atoms with Gasteiger partial charge in [-0.05, 0) is 25.0 Å². The van der Waals surface area contributed by atoms with Crippen molar-refractivity contribution in [2.24, 2.45) is 5.92 Å². The van der Waals surface area contributed by atoms with Gasteiger partial charge in [-0.3, -0.25) is 9.59 Å². The van der Waals surface area contributed by atoms with Gasteiger partial charge >= 0.3 is 11.9 Å². The average molecular weight is 306 g/mol. The topological polar surface area (TPSA) is 52.6 Å². The third-order valence-corrected chi connectivity index (χ3v) is 3.41. The third-order valence-electron chi connectivity index (χ3n) is 3.41. The standard InChI is InChI=1S/C18H26O4/c1-4-6-10-14(3)18(20)22-16-12-9-8-11-15(16)21-17(19)13-7-5-2/h8-9,11-12,14H,4-7,10,13H2,1-3H3. The Morgan fingerprint density at radius 1 is 1.00 bits per heavy atom. The summed E-state index contributed by atoms with van der Waals surface area (Å²) in [5.41, 5.74) is 0. The van der Waals surface area contributed by atoms with E-state index in [9.17, 15) is 9.59 Å². The van der Waals surface area contributed by atoms with Gasteiger partial charge in [-0.15, -0.1) is 0 Å². The summed E-state index contributed by atoms with van der Waals surface area (Å²) in [5.74, 6) is -0.140. The molecule has 0 aliphatic carbocycles. The summed E-state index contributed by atoms with van der Waals surface area (Å²) in [6, 6.07) is 6.79. The van der Waals surface area contributed by atoms with Crippen molar-refractivity contribution in [3.05, 3.63) is 24.3 Å². The molecule has 1 aromatic rings. The van der Waals surface area contributed by atoms with Crippen molar-refractivity contribution in [2.75, 3.05) is 0 Å². The van der Waals surface area contributed by atoms with Crippen LogP contribution in [0.3, 0.4) is 0 Å². The Morgan fingerprint density at radius 2 is 1.59 bits per heavy atom. The fraction of sp³-hybridized carbons (Fsp3) is 0.556. The summed E-state index contributed by atoms with van der Waals surface area (Å²) in [6.45, 7) is 5.96. The number of rotatable bonds is 9. The van der Waals surface area contributed by atoms with Gasteiger partial charge in [-0.25, -0.2) is 0 Å². The molecule has 0 saturated carbocycles. The maximum absolute atomic E-state index is 12.1. The fourth-order valence-electron chi connectivity index (χ4n) is 1.95. The predicted octanol–water partition coefficient (Wildman–Crippen LogP) is 4.51. The first kappa shape index (κ1) is 18.2. The number of para-hydroxylation sites is 2. The van der Waals surface area contributed by atoms with Crippen LogP contribution in [0.25, 0.3) is 0 Å². The molecule has 0 saturated heterocycles. The number of carbonyl (C=O) groups is 2. The molecule has 1 unspecified atom stereocenters. The zero-order chi connectivity index (χ0) is 16.4. The van der Waals surface area contributed by atoms with E-state index in [-0.39, 0.29) is 17.9 Å². The van der Waals surface area contributed by atoms with E-state index < -0.39 is 0 Å². The Kier molecular flexibility index (Phi) is 8.26. The van der Waals surface area contributed by atoms with Gasteiger partial charge in [0, 0.05) is 6.42 Å². The molecular weight excluding hydrogens is 280 g/mol. The molecule has 0 spiro atoms. The molecule has 1 atom stereocenters. The van der Waals surface area contributed by atoms with Crippen LogP contribution in [-0.2, 0) is 9.59 Å². The lowest BCUT2D eigenvalue weighted by atomic mass is 10.1. The smallest absolute Gasteiger partial charge is 0.314 e. The largest absolute Gasteiger partial charge is 0.423 e. The first-order valence-corrected chi connectivity index (χ1v) is 8.09. The number of unbranched alkanes of at least 4 members (excludes halogenated alkanes) is 2. The summed E-state index contributed by atoms with van der Waals surface area (Å²) in [7, 11) is 0. The number of benzene rings is 1. The normalized spacial score (nSPS) is 11.8. The molecule has 1 aromatic carbocycles. The van der Waals surface area contributed by atoms with E-state index in [0.717, 1.165) is 32.1 Å². The zero-order valence-electron chi connectivity index (χ0n) is 13.8. The molecule has 4 nitrogen and oxygen atoms in total. The van der Waals surface area contributed by atoms with Crippen LogP contribution in [-0.4, -0.2) is 11.9 Å². The van der Waals surface area contributed by atoms with Crippen molar-refractivity contribution < 1.29 is 19.1 Å². The van der Waals surface area contributed by atoms with E-state index in [1.54, 1.807) is 24.3 Å². The second kappa shape index (κ2) is 9.98. The van der Waals surface area contributed by atoms with Crippen LogP contribution in [0.15, 0.2) is 24.3 Å². The quantitative estimate of drug-likeness (QED) is 0.497. The number of hydrogen-bond acceptors (Lipinski definition) is 4. The van der Waals surface area contributed by atoms with Gasteiger partial charge in [0.1, 0.15) is 0 Å². The highest BCUT2D eigenvalue weighted by atomic mass is 16.6. The van der Waals surface area contributed by atoms with Crippen LogP contribution in [0.4, 0.5) is 0 Å². The maximum Gasteiger partial charge on any atom is 0.314 e. The van der Waals surface area contributed by atoms with Crippen molar-refractivity contribution in [2.45, 2.75) is 59.3 Å². The molecule has 22 heavy (non-hydrogen) atoms. The Hall–Kier alpha value is -1.84. The van der Waals surface area contributed by atoms with Crippen molar-refractivity contribution in [3.63, 3.8) is 0 Å². The Bertz CT molecular complexity index is 482. The highest BCUT2D eigenvalue weighted by Crippen LogP contribution is 2.28. The van der Waals surface area contributed by atoms with Gasteiger partial charge < -0.3 is 9.47 Å². The molecule has 0 N–H and O–H groups in total. The van der Waals surface area contributed by atoms with Crippen LogP contribution >= 0.6 is 0 Å². The minimum atomic E-state index is -0.301. The molecule has 1 rings (SSSR count). The minimum Gasteiger partial charge on any atom is -0.423 e. The summed E-state index contributed by atoms with van der Waals surface area (Å²) in [6.07, 6.45) is 4.92. The maximum atomic E-state index is 12.1. The highest BCUT2D eigenvalue weighted by Gasteiger charge is 2.18. The molecule has 0 aromatic heterocycles. The number of esters is 2. The van der Waals surface area contributed by atoms with Gasteiger partial charge in [0.25, 0.3) is 0 Å². The molecular formula is C18H26O4. The number of ether oxygens (including phenoxy) is 2. The van der Waals surface area contributed by atoms with Crippen LogP contribution in [0.1, 0.15) is 59.3 Å². The lowest BCUT2D eigenvalue weighted by Crippen LogP contribution is -2.18. The Morgan fingerprint density at radius 3 is 2.18 bits per heavy atom. The summed E-state index contributed by atoms with van der Waals surface area (Å²) >= 11 is 0. The molecule has 0 fully saturated rings. The first-order valence-electron chi connectivity index (χ1n) is 8.09. The van der Waals surface area contributed by atoms with Gasteiger partial charge in [-0.2, -0.15) is 0 Å². The number of hydrogen-bond donors (Lipinski definition) is 0. The van der Waals surface area contributed by atoms with E-state index in [2.05, 4.69) is 6.92 Å². The molecule has 0 aliphatic rings. The van der Waals surface area contributed by atoms with Gasteiger partial charge in [-0.1, -0.05) is 52.2 Å². The lowest BCUT2D eigenvalue weighted by molar-refractivity contribution is -0.140. The summed E-state index contributed by atoms with van der Waals surface area (Å²) in [4.78, 5) is 23.8. The van der Waals surface area contributed by atoms with Gasteiger partial charge in [0.15, 0.2) is 11.5 Å². The molecule has 0 radical (unpaired) electrons. The van der Waals surface area contributed by atoms with Crippen molar-refractivity contribution >= 4 is 11.9 Å². The van der Waals surface area contributed by atoms with Crippen molar-refractivity contribution in [1.29, 1.82) is 0 Å². The zero-order valence-corrected chi connectivity index (χ0v) is 13.8. The molecule has 0 aliphatic heterocycles. The predicted molar refractivity (Wildman–Crippen MR) is 85.9 cm³/mol. The summed E-state index contributed by atoms with van der Waals surface area (Å²) in [5, 5.41) is 0. The van der Waals surface area contributed by atoms with Crippen molar-refractivity contribution in [3.8, 4) is 11.5 Å². The molecule has 0 bridgehead atoms. The van der Waals surface area contributed by atoms with E-state index in [4.69, 9.17) is 9.47 Å². The van der Waals surface area contributed by atoms with Crippen LogP contribution in [0.2, 0.25) is 0 Å². The second-order valence-electron chi connectivity index (χ2n) is 5.49. The second-order valence-corrected chi connectivity index (χ2v) is 5.49. The Labute approximate surface area is 132 Å². The molecule has 4 heteroatoms. The first-order chi connectivity index (χ1) is 10.6. The monoisotopic (exact) mass is 306 g/mol. The number of carbonyl (C=O) groups excluding carboxylic acids is 2. The van der Waals surface area contributed by atoms with Crippen LogP contribution in [0, 0.1) is 5.92 Å². The van der Waals surface area contributed by atoms with E-state index in [1.165, 1.54) is 0 Å². The minimum absolute atomic E-state index is 0.163. The van der Waals surface area contributed by atoms with Crippen molar-refractivity contribution in [1.82, 2.24) is 0 Å². The highest BCUT2D eigenvalue weighted by molar-refractivity contribution is 5.77.